The van der Waals surface area contributed by atoms with Crippen LogP contribution in [0.15, 0.2) is 54.9 Å². The zero-order valence-corrected chi connectivity index (χ0v) is 14.5. The van der Waals surface area contributed by atoms with Crippen LogP contribution in [-0.2, 0) is 13.1 Å². The van der Waals surface area contributed by atoms with Crippen molar-refractivity contribution in [1.29, 1.82) is 0 Å². The van der Waals surface area contributed by atoms with Gasteiger partial charge in [0.2, 0.25) is 0 Å². The summed E-state index contributed by atoms with van der Waals surface area (Å²) >= 11 is 0. The molecule has 3 heterocycles. The molecule has 7 heteroatoms. The van der Waals surface area contributed by atoms with Gasteiger partial charge in [-0.2, -0.15) is 0 Å². The van der Waals surface area contributed by atoms with E-state index in [4.69, 9.17) is 0 Å². The van der Waals surface area contributed by atoms with Crippen LogP contribution < -0.4 is 0 Å². The molecule has 4 rings (SSSR count). The molecule has 1 fully saturated rings. The molecule has 0 saturated carbocycles. The fourth-order valence-electron chi connectivity index (χ4n) is 3.67. The van der Waals surface area contributed by atoms with Crippen molar-refractivity contribution in [2.24, 2.45) is 0 Å². The summed E-state index contributed by atoms with van der Waals surface area (Å²) in [4.78, 5) is 6.50. The van der Waals surface area contributed by atoms with Crippen LogP contribution in [-0.4, -0.2) is 47.8 Å². The van der Waals surface area contributed by atoms with Gasteiger partial charge in [0.05, 0.1) is 19.2 Å². The minimum absolute atomic E-state index is 0.0890. The number of rotatable bonds is 6. The minimum atomic E-state index is 0.0890. The highest BCUT2D eigenvalue weighted by molar-refractivity contribution is 5.16. The molecule has 1 aliphatic rings. The van der Waals surface area contributed by atoms with Gasteiger partial charge in [-0.1, -0.05) is 36.4 Å². The third kappa shape index (κ3) is 3.49. The fourth-order valence-corrected chi connectivity index (χ4v) is 3.67. The third-order valence-corrected chi connectivity index (χ3v) is 4.97. The van der Waals surface area contributed by atoms with Gasteiger partial charge in [0.15, 0.2) is 5.82 Å². The van der Waals surface area contributed by atoms with Gasteiger partial charge in [0.1, 0.15) is 0 Å². The van der Waals surface area contributed by atoms with Crippen molar-refractivity contribution in [3.8, 4) is 0 Å². The van der Waals surface area contributed by atoms with E-state index in [0.29, 0.717) is 6.54 Å². The number of aliphatic hydroxyl groups excluding tert-OH is 1. The molecule has 2 aromatic heterocycles. The monoisotopic (exact) mass is 350 g/mol. The lowest BCUT2D eigenvalue weighted by molar-refractivity contribution is 0.117. The van der Waals surface area contributed by atoms with Crippen molar-refractivity contribution in [2.75, 3.05) is 6.61 Å². The van der Waals surface area contributed by atoms with E-state index in [9.17, 15) is 5.11 Å². The molecule has 1 N–H and O–H groups in total. The standard InChI is InChI=1S/C19H22N6O/c26-14-17-8-9-18(24(17)12-16-7-4-10-20-11-16)19-21-22-23-25(19)13-15-5-2-1-3-6-15/h1-7,10-11,17-18,26H,8-9,12-14H2/t17-,18+/m0/s1. The van der Waals surface area contributed by atoms with Crippen LogP contribution in [0, 0.1) is 0 Å². The Bertz CT molecular complexity index is 822. The minimum Gasteiger partial charge on any atom is -0.395 e. The first-order chi connectivity index (χ1) is 12.8. The summed E-state index contributed by atoms with van der Waals surface area (Å²) in [5.41, 5.74) is 2.29. The van der Waals surface area contributed by atoms with Crippen molar-refractivity contribution in [3.05, 3.63) is 71.8 Å². The number of aromatic nitrogens is 5. The number of pyridine rings is 1. The van der Waals surface area contributed by atoms with Crippen LogP contribution >= 0.6 is 0 Å². The van der Waals surface area contributed by atoms with E-state index in [1.54, 1.807) is 6.20 Å². The largest absolute Gasteiger partial charge is 0.395 e. The van der Waals surface area contributed by atoms with Crippen LogP contribution in [0.1, 0.15) is 35.8 Å². The lowest BCUT2D eigenvalue weighted by Gasteiger charge is -2.28. The van der Waals surface area contributed by atoms with Gasteiger partial charge in [-0.3, -0.25) is 9.88 Å². The van der Waals surface area contributed by atoms with Crippen LogP contribution in [0.5, 0.6) is 0 Å². The first-order valence-corrected chi connectivity index (χ1v) is 8.90. The summed E-state index contributed by atoms with van der Waals surface area (Å²) in [6.45, 7) is 1.50. The molecule has 2 atom stereocenters. The molecule has 0 aliphatic carbocycles. The van der Waals surface area contributed by atoms with Crippen LogP contribution in [0.2, 0.25) is 0 Å². The van der Waals surface area contributed by atoms with Crippen LogP contribution in [0.25, 0.3) is 0 Å². The van der Waals surface area contributed by atoms with E-state index in [1.807, 2.05) is 35.1 Å². The first-order valence-electron chi connectivity index (χ1n) is 8.90. The average Bonchev–Trinajstić information content (AvgIpc) is 3.30. The Kier molecular flexibility index (Phi) is 4.99. The van der Waals surface area contributed by atoms with Crippen LogP contribution in [0.3, 0.4) is 0 Å². The Morgan fingerprint density at radius 3 is 2.62 bits per heavy atom. The summed E-state index contributed by atoms with van der Waals surface area (Å²) in [5.74, 6) is 0.855. The number of likely N-dealkylation sites (tertiary alicyclic amines) is 1. The third-order valence-electron chi connectivity index (χ3n) is 4.97. The Hall–Kier alpha value is -2.64. The number of hydrogen-bond acceptors (Lipinski definition) is 6. The van der Waals surface area contributed by atoms with Gasteiger partial charge < -0.3 is 5.11 Å². The van der Waals surface area contributed by atoms with Gasteiger partial charge >= 0.3 is 0 Å². The molecule has 1 aliphatic heterocycles. The number of aliphatic hydroxyl groups is 1. The van der Waals surface area contributed by atoms with Gasteiger partial charge in [0.25, 0.3) is 0 Å². The Morgan fingerprint density at radius 2 is 1.85 bits per heavy atom. The quantitative estimate of drug-likeness (QED) is 0.730. The molecular formula is C19H22N6O. The molecule has 0 spiro atoms. The summed E-state index contributed by atoms with van der Waals surface area (Å²) in [5, 5.41) is 22.3. The molecule has 1 saturated heterocycles. The maximum absolute atomic E-state index is 9.82. The Morgan fingerprint density at radius 1 is 1.00 bits per heavy atom. The molecule has 0 unspecified atom stereocenters. The Labute approximate surface area is 152 Å². The number of hydrogen-bond donors (Lipinski definition) is 1. The van der Waals surface area contributed by atoms with E-state index in [1.165, 1.54) is 0 Å². The second-order valence-corrected chi connectivity index (χ2v) is 6.64. The van der Waals surface area contributed by atoms with E-state index in [-0.39, 0.29) is 18.7 Å². The second kappa shape index (κ2) is 7.72. The molecule has 0 bridgehead atoms. The van der Waals surface area contributed by atoms with Crippen molar-refractivity contribution in [1.82, 2.24) is 30.1 Å². The maximum atomic E-state index is 9.82. The molecule has 0 radical (unpaired) electrons. The predicted octanol–water partition coefficient (Wildman–Crippen LogP) is 1.81. The smallest absolute Gasteiger partial charge is 0.168 e. The second-order valence-electron chi connectivity index (χ2n) is 6.64. The molecule has 7 nitrogen and oxygen atoms in total. The summed E-state index contributed by atoms with van der Waals surface area (Å²) in [7, 11) is 0. The van der Waals surface area contributed by atoms with E-state index in [2.05, 4.69) is 43.6 Å². The zero-order chi connectivity index (χ0) is 17.8. The van der Waals surface area contributed by atoms with Crippen molar-refractivity contribution in [2.45, 2.75) is 38.0 Å². The van der Waals surface area contributed by atoms with Gasteiger partial charge in [-0.15, -0.1) is 5.10 Å². The number of benzene rings is 1. The first kappa shape index (κ1) is 16.8. The highest BCUT2D eigenvalue weighted by Gasteiger charge is 2.37. The fraction of sp³-hybridized carbons (Fsp3) is 0.368. The number of tetrazole rings is 1. The molecule has 26 heavy (non-hydrogen) atoms. The maximum Gasteiger partial charge on any atom is 0.168 e. The lowest BCUT2D eigenvalue weighted by atomic mass is 10.1. The normalized spacial score (nSPS) is 20.5. The van der Waals surface area contributed by atoms with Crippen LogP contribution in [0.4, 0.5) is 0 Å². The zero-order valence-electron chi connectivity index (χ0n) is 14.5. The average molecular weight is 350 g/mol. The van der Waals surface area contributed by atoms with Gasteiger partial charge in [-0.05, 0) is 40.5 Å². The van der Waals surface area contributed by atoms with Gasteiger partial charge in [0, 0.05) is 25.0 Å². The molecule has 1 aromatic carbocycles. The highest BCUT2D eigenvalue weighted by atomic mass is 16.3. The van der Waals surface area contributed by atoms with Crippen molar-refractivity contribution >= 4 is 0 Å². The highest BCUT2D eigenvalue weighted by Crippen LogP contribution is 2.36. The Balaban J connectivity index is 1.59. The van der Waals surface area contributed by atoms with E-state index < -0.39 is 0 Å². The predicted molar refractivity (Wildman–Crippen MR) is 96.0 cm³/mol. The van der Waals surface area contributed by atoms with Crippen molar-refractivity contribution in [3.63, 3.8) is 0 Å². The van der Waals surface area contributed by atoms with Gasteiger partial charge in [-0.25, -0.2) is 4.68 Å². The summed E-state index contributed by atoms with van der Waals surface area (Å²) in [6, 6.07) is 14.4. The summed E-state index contributed by atoms with van der Waals surface area (Å²) in [6.07, 6.45) is 5.51. The molecular weight excluding hydrogens is 328 g/mol. The SMILES string of the molecule is OC[C@@H]1CC[C@H](c2nnnn2Cc2ccccc2)N1Cc1cccnc1. The van der Waals surface area contributed by atoms with Crippen molar-refractivity contribution < 1.29 is 5.11 Å². The number of nitrogens with zero attached hydrogens (tertiary/aromatic N) is 6. The van der Waals surface area contributed by atoms with E-state index in [0.717, 1.165) is 36.3 Å². The molecule has 3 aromatic rings. The topological polar surface area (TPSA) is 80.0 Å². The summed E-state index contributed by atoms with van der Waals surface area (Å²) < 4.78 is 1.87. The molecule has 134 valence electrons. The lowest BCUT2D eigenvalue weighted by Crippen LogP contribution is -2.34. The van der Waals surface area contributed by atoms with E-state index >= 15 is 0 Å². The molecule has 0 amide bonds.